The van der Waals surface area contributed by atoms with Gasteiger partial charge in [0.25, 0.3) is 10.1 Å². The molecule has 0 amide bonds. The molecule has 0 bridgehead atoms. The Bertz CT molecular complexity index is 364. The molecule has 0 radical (unpaired) electrons. The summed E-state index contributed by atoms with van der Waals surface area (Å²) in [6.07, 6.45) is 3.01. The zero-order valence-corrected chi connectivity index (χ0v) is 12.4. The van der Waals surface area contributed by atoms with Crippen molar-refractivity contribution < 1.29 is 12.6 Å². The first-order valence-corrected chi connectivity index (χ1v) is 7.95. The summed E-state index contributed by atoms with van der Waals surface area (Å²) in [6.45, 7) is 0.133. The highest BCUT2D eigenvalue weighted by Crippen LogP contribution is 2.29. The first kappa shape index (κ1) is 17.3. The highest BCUT2D eigenvalue weighted by atomic mass is 35.5. The Labute approximate surface area is 117 Å². The summed E-state index contributed by atoms with van der Waals surface area (Å²) >= 11 is 17.2. The van der Waals surface area contributed by atoms with Crippen LogP contribution in [0.5, 0.6) is 0 Å². The summed E-state index contributed by atoms with van der Waals surface area (Å²) in [4.78, 5) is 0. The Morgan fingerprint density at radius 1 is 1.41 bits per heavy atom. The van der Waals surface area contributed by atoms with E-state index in [-0.39, 0.29) is 18.4 Å². The van der Waals surface area contributed by atoms with Gasteiger partial charge in [0.05, 0.1) is 12.9 Å². The Morgan fingerprint density at radius 3 is 2.47 bits per heavy atom. The molecule has 0 N–H and O–H groups in total. The largest absolute Gasteiger partial charge is 0.270 e. The number of rotatable bonds is 8. The van der Waals surface area contributed by atoms with Crippen LogP contribution in [0, 0.1) is 11.3 Å². The number of hydrogen-bond acceptors (Lipinski definition) is 4. The van der Waals surface area contributed by atoms with Gasteiger partial charge in [-0.15, -0.1) is 11.6 Å². The predicted octanol–water partition coefficient (Wildman–Crippen LogP) is 2.83. The molecule has 0 spiro atoms. The second kappa shape index (κ2) is 7.65. The first-order chi connectivity index (χ1) is 7.66. The fourth-order valence-corrected chi connectivity index (χ4v) is 2.44. The van der Waals surface area contributed by atoms with Crippen molar-refractivity contribution >= 4 is 44.9 Å². The van der Waals surface area contributed by atoms with Gasteiger partial charge in [-0.2, -0.15) is 13.7 Å². The molecule has 100 valence electrons. The summed E-state index contributed by atoms with van der Waals surface area (Å²) in [7, 11) is -3.38. The molecule has 0 aliphatic rings. The van der Waals surface area contributed by atoms with Gasteiger partial charge >= 0.3 is 0 Å². The standard InChI is InChI=1S/C9H14Cl3NO3S/c1-17(14,15)16-5-3-2-4-8(10)6-9(11,12)7-13/h8H,2-6H2,1H3. The van der Waals surface area contributed by atoms with Gasteiger partial charge in [-0.05, 0) is 19.3 Å². The van der Waals surface area contributed by atoms with Crippen molar-refractivity contribution in [1.82, 2.24) is 0 Å². The zero-order chi connectivity index (χ0) is 13.5. The van der Waals surface area contributed by atoms with Crippen LogP contribution in [0.2, 0.25) is 0 Å². The van der Waals surface area contributed by atoms with E-state index in [2.05, 4.69) is 4.18 Å². The van der Waals surface area contributed by atoms with E-state index >= 15 is 0 Å². The van der Waals surface area contributed by atoms with E-state index in [0.717, 1.165) is 6.26 Å². The zero-order valence-electron chi connectivity index (χ0n) is 9.33. The van der Waals surface area contributed by atoms with Crippen molar-refractivity contribution in [3.05, 3.63) is 0 Å². The minimum absolute atomic E-state index is 0.133. The molecule has 0 heterocycles. The van der Waals surface area contributed by atoms with Crippen molar-refractivity contribution in [1.29, 1.82) is 5.26 Å². The van der Waals surface area contributed by atoms with Crippen LogP contribution in [0.15, 0.2) is 0 Å². The van der Waals surface area contributed by atoms with Gasteiger partial charge in [0.15, 0.2) is 0 Å². The van der Waals surface area contributed by atoms with Crippen LogP contribution in [0.1, 0.15) is 25.7 Å². The minimum atomic E-state index is -3.38. The number of unbranched alkanes of at least 4 members (excludes halogenated alkanes) is 1. The van der Waals surface area contributed by atoms with Gasteiger partial charge < -0.3 is 0 Å². The Balaban J connectivity index is 3.67. The summed E-state index contributed by atoms with van der Waals surface area (Å²) in [5, 5.41) is 8.27. The summed E-state index contributed by atoms with van der Waals surface area (Å²) < 4.78 is 24.4. The highest BCUT2D eigenvalue weighted by Gasteiger charge is 2.26. The van der Waals surface area contributed by atoms with E-state index in [9.17, 15) is 8.42 Å². The Morgan fingerprint density at radius 2 is 2.00 bits per heavy atom. The summed E-state index contributed by atoms with van der Waals surface area (Å²) in [5.41, 5.74) is 0. The molecule has 0 aliphatic heterocycles. The first-order valence-electron chi connectivity index (χ1n) is 4.94. The number of hydrogen-bond donors (Lipinski definition) is 0. The highest BCUT2D eigenvalue weighted by molar-refractivity contribution is 7.85. The van der Waals surface area contributed by atoms with Crippen molar-refractivity contribution in [2.45, 2.75) is 35.4 Å². The van der Waals surface area contributed by atoms with Crippen molar-refractivity contribution in [3.8, 4) is 6.07 Å². The topological polar surface area (TPSA) is 67.2 Å². The van der Waals surface area contributed by atoms with E-state index in [4.69, 9.17) is 40.1 Å². The fourth-order valence-electron chi connectivity index (χ4n) is 1.10. The van der Waals surface area contributed by atoms with E-state index < -0.39 is 14.5 Å². The second-order valence-corrected chi connectivity index (χ2v) is 7.38. The molecule has 0 aliphatic carbocycles. The molecule has 0 aromatic rings. The van der Waals surface area contributed by atoms with Crippen molar-refractivity contribution in [2.75, 3.05) is 12.9 Å². The van der Waals surface area contributed by atoms with Crippen LogP contribution in [0.25, 0.3) is 0 Å². The Kier molecular flexibility index (Phi) is 7.77. The average molecular weight is 323 g/mol. The third kappa shape index (κ3) is 11.1. The van der Waals surface area contributed by atoms with Crippen LogP contribution in [0.3, 0.4) is 0 Å². The molecule has 0 aromatic heterocycles. The fraction of sp³-hybridized carbons (Fsp3) is 0.889. The van der Waals surface area contributed by atoms with Crippen LogP contribution in [-0.4, -0.2) is 31.0 Å². The molecular formula is C9H14Cl3NO3S. The lowest BCUT2D eigenvalue weighted by atomic mass is 10.1. The quantitative estimate of drug-likeness (QED) is 0.391. The summed E-state index contributed by atoms with van der Waals surface area (Å²) in [6, 6.07) is 1.74. The molecule has 1 unspecified atom stereocenters. The van der Waals surface area contributed by atoms with Gasteiger partial charge in [0, 0.05) is 11.8 Å². The van der Waals surface area contributed by atoms with E-state index in [0.29, 0.717) is 19.3 Å². The maximum atomic E-state index is 10.6. The molecule has 0 aromatic carbocycles. The van der Waals surface area contributed by atoms with Gasteiger partial charge in [0.2, 0.25) is 4.33 Å². The van der Waals surface area contributed by atoms with Gasteiger partial charge in [0.1, 0.15) is 6.07 Å². The molecule has 0 fully saturated rings. The molecule has 0 rings (SSSR count). The van der Waals surface area contributed by atoms with E-state index in [1.165, 1.54) is 0 Å². The normalized spacial score (nSPS) is 14.3. The minimum Gasteiger partial charge on any atom is -0.270 e. The van der Waals surface area contributed by atoms with Crippen molar-refractivity contribution in [2.24, 2.45) is 0 Å². The summed E-state index contributed by atoms with van der Waals surface area (Å²) in [5.74, 6) is 0. The lowest BCUT2D eigenvalue weighted by Crippen LogP contribution is -2.16. The van der Waals surface area contributed by atoms with Crippen LogP contribution >= 0.6 is 34.8 Å². The molecule has 1 atom stereocenters. The van der Waals surface area contributed by atoms with E-state index in [1.54, 1.807) is 6.07 Å². The molecule has 0 saturated carbocycles. The Hall–Kier alpha value is 0.270. The van der Waals surface area contributed by atoms with Gasteiger partial charge in [-0.1, -0.05) is 23.2 Å². The van der Waals surface area contributed by atoms with Crippen molar-refractivity contribution in [3.63, 3.8) is 0 Å². The second-order valence-electron chi connectivity index (χ2n) is 3.64. The van der Waals surface area contributed by atoms with Crippen LogP contribution in [-0.2, 0) is 14.3 Å². The number of alkyl halides is 3. The van der Waals surface area contributed by atoms with Crippen LogP contribution in [0.4, 0.5) is 0 Å². The number of halogens is 3. The number of nitriles is 1. The third-order valence-corrected chi connectivity index (χ3v) is 3.30. The van der Waals surface area contributed by atoms with Crippen LogP contribution < -0.4 is 0 Å². The smallest absolute Gasteiger partial charge is 0.264 e. The lowest BCUT2D eigenvalue weighted by molar-refractivity contribution is 0.310. The van der Waals surface area contributed by atoms with E-state index in [1.807, 2.05) is 0 Å². The van der Waals surface area contributed by atoms with Gasteiger partial charge in [-0.25, -0.2) is 0 Å². The molecule has 17 heavy (non-hydrogen) atoms. The number of nitrogens with zero attached hydrogens (tertiary/aromatic N) is 1. The molecule has 4 nitrogen and oxygen atoms in total. The lowest BCUT2D eigenvalue weighted by Gasteiger charge is -2.14. The maximum absolute atomic E-state index is 10.6. The monoisotopic (exact) mass is 321 g/mol. The third-order valence-electron chi connectivity index (χ3n) is 1.85. The maximum Gasteiger partial charge on any atom is 0.264 e. The van der Waals surface area contributed by atoms with Gasteiger partial charge in [-0.3, -0.25) is 4.18 Å². The predicted molar refractivity (Wildman–Crippen MR) is 69.0 cm³/mol. The molecule has 0 saturated heterocycles. The average Bonchev–Trinajstić information content (AvgIpc) is 2.14. The molecular weight excluding hydrogens is 309 g/mol. The molecule has 8 heteroatoms. The SMILES string of the molecule is CS(=O)(=O)OCCCCC(Cl)CC(Cl)(Cl)C#N.